The maximum Gasteiger partial charge on any atom is 0.159 e. The third-order valence-corrected chi connectivity index (χ3v) is 1.38. The van der Waals surface area contributed by atoms with Gasteiger partial charge in [-0.05, 0) is 24.3 Å². The number of rotatable bonds is 0. The number of hydrogen-bond donors (Lipinski definition) is 0. The fourth-order valence-electron chi connectivity index (χ4n) is 0.908. The van der Waals surface area contributed by atoms with Gasteiger partial charge in [-0.3, -0.25) is 0 Å². The first-order chi connectivity index (χ1) is 4.97. The van der Waals surface area contributed by atoms with Crippen molar-refractivity contribution in [3.05, 3.63) is 36.7 Å². The number of hydrogen-bond acceptors (Lipinski definition) is 2. The van der Waals surface area contributed by atoms with Crippen LogP contribution in [0.15, 0.2) is 36.7 Å². The molecule has 2 aromatic heterocycles. The average molecular weight is 233 g/mol. The molecule has 0 amide bonds. The summed E-state index contributed by atoms with van der Waals surface area (Å²) in [5.41, 5.74) is 0.810. The molecule has 0 aliphatic carbocycles. The molecule has 0 spiro atoms. The Kier molecular flexibility index (Phi) is 2.66. The summed E-state index contributed by atoms with van der Waals surface area (Å²) in [6.45, 7) is 0. The van der Waals surface area contributed by atoms with Gasteiger partial charge < -0.3 is 0 Å². The van der Waals surface area contributed by atoms with Gasteiger partial charge in [0.2, 0.25) is 0 Å². The Morgan fingerprint density at radius 2 is 1.45 bits per heavy atom. The van der Waals surface area contributed by atoms with Gasteiger partial charge in [-0.2, -0.15) is 0 Å². The second-order valence-corrected chi connectivity index (χ2v) is 2.05. The molecular weight excluding hydrogens is 227 g/mol. The molecular formula is C8H6N2Rh. The van der Waals surface area contributed by atoms with Crippen LogP contribution < -0.4 is 0 Å². The second-order valence-electron chi connectivity index (χ2n) is 2.05. The van der Waals surface area contributed by atoms with Crippen LogP contribution in [0.1, 0.15) is 0 Å². The van der Waals surface area contributed by atoms with Crippen LogP contribution in [0.5, 0.6) is 0 Å². The van der Waals surface area contributed by atoms with Crippen LogP contribution in [0.25, 0.3) is 11.0 Å². The second kappa shape index (κ2) is 3.54. The topological polar surface area (TPSA) is 25.8 Å². The van der Waals surface area contributed by atoms with Crippen LogP contribution in [0.3, 0.4) is 0 Å². The summed E-state index contributed by atoms with van der Waals surface area (Å²) in [6.07, 6.45) is 3.49. The Bertz CT molecular complexity index is 283. The summed E-state index contributed by atoms with van der Waals surface area (Å²) in [5.74, 6) is 0. The summed E-state index contributed by atoms with van der Waals surface area (Å²) in [7, 11) is 0. The van der Waals surface area contributed by atoms with E-state index in [4.69, 9.17) is 0 Å². The molecule has 0 saturated carbocycles. The van der Waals surface area contributed by atoms with Crippen LogP contribution in [-0.2, 0) is 19.5 Å². The van der Waals surface area contributed by atoms with E-state index >= 15 is 0 Å². The van der Waals surface area contributed by atoms with E-state index in [-0.39, 0.29) is 19.5 Å². The van der Waals surface area contributed by atoms with E-state index in [1.165, 1.54) is 0 Å². The van der Waals surface area contributed by atoms with Crippen LogP contribution in [0.4, 0.5) is 0 Å². The van der Waals surface area contributed by atoms with Gasteiger partial charge in [-0.1, -0.05) is 0 Å². The smallest absolute Gasteiger partial charge is 0.159 e. The molecule has 2 nitrogen and oxygen atoms in total. The zero-order valence-corrected chi connectivity index (χ0v) is 7.33. The standard InChI is InChI=1S/C8H6N2.Rh/c1-3-7-4-2-6-10-8(7)9-5-1;/h1-6H;. The molecule has 2 heterocycles. The van der Waals surface area contributed by atoms with E-state index in [9.17, 15) is 0 Å². The summed E-state index contributed by atoms with van der Waals surface area (Å²) < 4.78 is 0. The van der Waals surface area contributed by atoms with Crippen molar-refractivity contribution in [3.63, 3.8) is 0 Å². The normalized spacial score (nSPS) is 9.09. The maximum atomic E-state index is 4.07. The molecule has 1 radical (unpaired) electrons. The Labute approximate surface area is 77.4 Å². The molecule has 0 N–H and O–H groups in total. The fraction of sp³-hybridized carbons (Fsp3) is 0. The van der Waals surface area contributed by atoms with Crippen LogP contribution in [-0.4, -0.2) is 9.97 Å². The molecule has 0 aliphatic rings. The molecule has 57 valence electrons. The third kappa shape index (κ3) is 1.60. The van der Waals surface area contributed by atoms with Crippen molar-refractivity contribution in [1.82, 2.24) is 9.97 Å². The monoisotopic (exact) mass is 233 g/mol. The molecule has 0 atom stereocenters. The van der Waals surface area contributed by atoms with E-state index in [1.54, 1.807) is 12.4 Å². The first kappa shape index (κ1) is 8.28. The number of pyridine rings is 2. The molecule has 3 heteroatoms. The Morgan fingerprint density at radius 1 is 0.909 bits per heavy atom. The molecule has 0 bridgehead atoms. The Balaban J connectivity index is 0.000000605. The maximum absolute atomic E-state index is 4.07. The van der Waals surface area contributed by atoms with Crippen molar-refractivity contribution in [1.29, 1.82) is 0 Å². The molecule has 2 aromatic rings. The molecule has 0 saturated heterocycles. The van der Waals surface area contributed by atoms with Crippen molar-refractivity contribution < 1.29 is 19.5 Å². The zero-order valence-electron chi connectivity index (χ0n) is 5.69. The summed E-state index contributed by atoms with van der Waals surface area (Å²) in [6, 6.07) is 7.80. The van der Waals surface area contributed by atoms with Crippen LogP contribution in [0, 0.1) is 0 Å². The van der Waals surface area contributed by atoms with Gasteiger partial charge in [-0.25, -0.2) is 9.97 Å². The predicted molar refractivity (Wildman–Crippen MR) is 39.5 cm³/mol. The zero-order chi connectivity index (χ0) is 6.81. The Hall–Kier alpha value is -0.817. The van der Waals surface area contributed by atoms with Crippen molar-refractivity contribution in [2.24, 2.45) is 0 Å². The fourth-order valence-corrected chi connectivity index (χ4v) is 0.908. The van der Waals surface area contributed by atoms with Gasteiger partial charge in [0.05, 0.1) is 0 Å². The largest absolute Gasteiger partial charge is 0.237 e. The minimum absolute atomic E-state index is 0. The molecule has 0 aliphatic heterocycles. The van der Waals surface area contributed by atoms with E-state index in [0.717, 1.165) is 11.0 Å². The minimum Gasteiger partial charge on any atom is -0.237 e. The van der Waals surface area contributed by atoms with Gasteiger partial charge in [0.1, 0.15) is 0 Å². The summed E-state index contributed by atoms with van der Waals surface area (Å²) in [4.78, 5) is 8.14. The van der Waals surface area contributed by atoms with Crippen molar-refractivity contribution in [3.8, 4) is 0 Å². The summed E-state index contributed by atoms with van der Waals surface area (Å²) in [5, 5.41) is 1.09. The molecule has 11 heavy (non-hydrogen) atoms. The van der Waals surface area contributed by atoms with Gasteiger partial charge in [0.15, 0.2) is 5.65 Å². The van der Waals surface area contributed by atoms with E-state index < -0.39 is 0 Å². The van der Waals surface area contributed by atoms with Crippen molar-refractivity contribution in [2.75, 3.05) is 0 Å². The molecule has 0 unspecified atom stereocenters. The molecule has 0 aromatic carbocycles. The van der Waals surface area contributed by atoms with Gasteiger partial charge in [0.25, 0.3) is 0 Å². The minimum atomic E-state index is 0. The quantitative estimate of drug-likeness (QED) is 0.646. The number of aromatic nitrogens is 2. The first-order valence-corrected chi connectivity index (χ1v) is 3.12. The van der Waals surface area contributed by atoms with Crippen molar-refractivity contribution >= 4 is 11.0 Å². The van der Waals surface area contributed by atoms with Crippen LogP contribution >= 0.6 is 0 Å². The van der Waals surface area contributed by atoms with E-state index in [0.29, 0.717) is 0 Å². The number of nitrogens with zero attached hydrogens (tertiary/aromatic N) is 2. The van der Waals surface area contributed by atoms with Crippen LogP contribution in [0.2, 0.25) is 0 Å². The van der Waals surface area contributed by atoms with Crippen molar-refractivity contribution in [2.45, 2.75) is 0 Å². The van der Waals surface area contributed by atoms with Gasteiger partial charge in [0, 0.05) is 37.3 Å². The third-order valence-electron chi connectivity index (χ3n) is 1.38. The molecule has 0 fully saturated rings. The molecule has 2 rings (SSSR count). The SMILES string of the molecule is [Rh].c1cnc2ncccc2c1. The average Bonchev–Trinajstić information content (AvgIpc) is 2.05. The summed E-state index contributed by atoms with van der Waals surface area (Å²) >= 11 is 0. The number of fused-ring (bicyclic) bond motifs is 1. The van der Waals surface area contributed by atoms with E-state index in [1.807, 2.05) is 24.3 Å². The first-order valence-electron chi connectivity index (χ1n) is 3.12. The van der Waals surface area contributed by atoms with Gasteiger partial charge in [-0.15, -0.1) is 0 Å². The van der Waals surface area contributed by atoms with Gasteiger partial charge >= 0.3 is 0 Å². The van der Waals surface area contributed by atoms with E-state index in [2.05, 4.69) is 9.97 Å². The predicted octanol–water partition coefficient (Wildman–Crippen LogP) is 1.63. The Morgan fingerprint density at radius 3 is 1.91 bits per heavy atom.